The van der Waals surface area contributed by atoms with E-state index in [9.17, 15) is 0 Å². The minimum Gasteiger partial charge on any atom is -0.377 e. The maximum Gasteiger partial charge on any atom is 0.191 e. The zero-order valence-electron chi connectivity index (χ0n) is 15.9. The summed E-state index contributed by atoms with van der Waals surface area (Å²) in [6.07, 6.45) is 2.80. The van der Waals surface area contributed by atoms with Crippen molar-refractivity contribution < 1.29 is 4.74 Å². The Hall–Kier alpha value is -0.410. The molecule has 1 saturated heterocycles. The fourth-order valence-electron chi connectivity index (χ4n) is 4.15. The van der Waals surface area contributed by atoms with Crippen LogP contribution < -0.4 is 10.6 Å². The molecule has 2 fully saturated rings. The molecule has 5 nitrogen and oxygen atoms in total. The van der Waals surface area contributed by atoms with Crippen LogP contribution in [0.5, 0.6) is 0 Å². The van der Waals surface area contributed by atoms with Crippen molar-refractivity contribution in [2.24, 2.45) is 16.3 Å². The second kappa shape index (κ2) is 8.52. The van der Waals surface area contributed by atoms with E-state index in [2.05, 4.69) is 50.2 Å². The van der Waals surface area contributed by atoms with Crippen molar-refractivity contribution in [3.8, 4) is 0 Å². The molecular formula is C18H31IN4OS. The smallest absolute Gasteiger partial charge is 0.191 e. The third-order valence-corrected chi connectivity index (χ3v) is 6.41. The van der Waals surface area contributed by atoms with Crippen LogP contribution in [-0.4, -0.2) is 36.2 Å². The first-order valence-corrected chi connectivity index (χ1v) is 9.84. The van der Waals surface area contributed by atoms with Crippen LogP contribution in [-0.2, 0) is 11.3 Å². The fraction of sp³-hybridized carbons (Fsp3) is 0.778. The Kier molecular flexibility index (Phi) is 7.12. The Bertz CT molecular complexity index is 616. The molecule has 3 atom stereocenters. The largest absolute Gasteiger partial charge is 0.377 e. The normalized spacial score (nSPS) is 27.7. The molecule has 0 amide bonds. The molecule has 142 valence electrons. The van der Waals surface area contributed by atoms with E-state index in [4.69, 9.17) is 9.73 Å². The quantitative estimate of drug-likeness (QED) is 0.394. The van der Waals surface area contributed by atoms with Crippen molar-refractivity contribution in [3.05, 3.63) is 15.6 Å². The van der Waals surface area contributed by atoms with Gasteiger partial charge in [-0.25, -0.2) is 9.98 Å². The third-order valence-electron chi connectivity index (χ3n) is 5.35. The van der Waals surface area contributed by atoms with Crippen molar-refractivity contribution in [1.29, 1.82) is 0 Å². The van der Waals surface area contributed by atoms with Crippen LogP contribution in [0.4, 0.5) is 0 Å². The van der Waals surface area contributed by atoms with Gasteiger partial charge in [0.1, 0.15) is 0 Å². The number of nitrogens with one attached hydrogen (secondary N) is 2. The van der Waals surface area contributed by atoms with Crippen molar-refractivity contribution in [3.63, 3.8) is 0 Å². The summed E-state index contributed by atoms with van der Waals surface area (Å²) < 4.78 is 6.00. The van der Waals surface area contributed by atoms with Gasteiger partial charge in [0.25, 0.3) is 0 Å². The highest BCUT2D eigenvalue weighted by Crippen LogP contribution is 2.51. The van der Waals surface area contributed by atoms with Gasteiger partial charge in [0, 0.05) is 35.4 Å². The standard InChI is InChI=1S/C18H30N4OS.HI/c1-6-19-17(20-10-14-11(2)21-12(3)24-14)22-15-13-8-7-9-23-16(13)18(15,4)5;/h13,15-16H,6-10H2,1-5H3,(H2,19,20,22);1H. The van der Waals surface area contributed by atoms with E-state index >= 15 is 0 Å². The van der Waals surface area contributed by atoms with E-state index in [1.54, 1.807) is 11.3 Å². The number of fused-ring (bicyclic) bond motifs is 1. The van der Waals surface area contributed by atoms with Gasteiger partial charge in [0.05, 0.1) is 23.4 Å². The molecule has 3 rings (SSSR count). The van der Waals surface area contributed by atoms with Crippen LogP contribution in [0, 0.1) is 25.2 Å². The van der Waals surface area contributed by atoms with Crippen LogP contribution in [0.2, 0.25) is 0 Å². The molecule has 1 aliphatic carbocycles. The van der Waals surface area contributed by atoms with Crippen LogP contribution in [0.3, 0.4) is 0 Å². The molecule has 2 heterocycles. The summed E-state index contributed by atoms with van der Waals surface area (Å²) in [6.45, 7) is 13.3. The summed E-state index contributed by atoms with van der Waals surface area (Å²) >= 11 is 1.74. The summed E-state index contributed by atoms with van der Waals surface area (Å²) in [5.74, 6) is 1.51. The first kappa shape index (κ1) is 20.9. The van der Waals surface area contributed by atoms with Crippen LogP contribution in [0.25, 0.3) is 0 Å². The molecule has 2 N–H and O–H groups in total. The molecule has 1 aromatic rings. The molecule has 3 unspecified atom stereocenters. The molecule has 0 bridgehead atoms. The minimum atomic E-state index is 0. The number of thiazole rings is 1. The zero-order valence-corrected chi connectivity index (χ0v) is 19.0. The number of hydrogen-bond donors (Lipinski definition) is 2. The van der Waals surface area contributed by atoms with Gasteiger partial charge in [-0.05, 0) is 33.6 Å². The Labute approximate surface area is 172 Å². The Balaban J connectivity index is 0.00000225. The average molecular weight is 478 g/mol. The van der Waals surface area contributed by atoms with E-state index in [0.29, 0.717) is 24.6 Å². The van der Waals surface area contributed by atoms with Crippen molar-refractivity contribution in [2.45, 2.75) is 66.2 Å². The number of aryl methyl sites for hydroxylation is 2. The molecule has 2 aliphatic rings. The summed E-state index contributed by atoms with van der Waals surface area (Å²) in [5.41, 5.74) is 1.25. The van der Waals surface area contributed by atoms with E-state index in [1.807, 2.05) is 0 Å². The lowest BCUT2D eigenvalue weighted by atomic mass is 9.55. The molecule has 25 heavy (non-hydrogen) atoms. The highest BCUT2D eigenvalue weighted by molar-refractivity contribution is 14.0. The van der Waals surface area contributed by atoms with Gasteiger partial charge in [0.15, 0.2) is 5.96 Å². The lowest BCUT2D eigenvalue weighted by Crippen LogP contribution is -2.71. The highest BCUT2D eigenvalue weighted by Gasteiger charge is 2.58. The van der Waals surface area contributed by atoms with Gasteiger partial charge in [-0.2, -0.15) is 0 Å². The van der Waals surface area contributed by atoms with Crippen molar-refractivity contribution in [2.75, 3.05) is 13.2 Å². The van der Waals surface area contributed by atoms with Crippen LogP contribution in [0.15, 0.2) is 4.99 Å². The van der Waals surface area contributed by atoms with Gasteiger partial charge in [-0.15, -0.1) is 35.3 Å². The van der Waals surface area contributed by atoms with Gasteiger partial charge < -0.3 is 15.4 Å². The number of halogens is 1. The zero-order chi connectivity index (χ0) is 17.3. The van der Waals surface area contributed by atoms with Gasteiger partial charge >= 0.3 is 0 Å². The topological polar surface area (TPSA) is 58.5 Å². The second-order valence-corrected chi connectivity index (χ2v) is 8.77. The number of aromatic nitrogens is 1. The number of hydrogen-bond acceptors (Lipinski definition) is 4. The van der Waals surface area contributed by atoms with E-state index in [-0.39, 0.29) is 29.4 Å². The molecule has 1 aliphatic heterocycles. The molecule has 1 saturated carbocycles. The number of aliphatic imine (C=N–C) groups is 1. The summed E-state index contributed by atoms with van der Waals surface area (Å²) in [6, 6.07) is 0.421. The van der Waals surface area contributed by atoms with Crippen LogP contribution in [0.1, 0.15) is 49.2 Å². The fourth-order valence-corrected chi connectivity index (χ4v) is 5.02. The molecule has 0 radical (unpaired) electrons. The minimum absolute atomic E-state index is 0. The maximum atomic E-state index is 6.00. The lowest BCUT2D eigenvalue weighted by molar-refractivity contribution is -0.188. The number of nitrogens with zero attached hydrogens (tertiary/aromatic N) is 2. The lowest BCUT2D eigenvalue weighted by Gasteiger charge is -2.60. The molecule has 0 spiro atoms. The van der Waals surface area contributed by atoms with E-state index in [1.165, 1.54) is 17.7 Å². The summed E-state index contributed by atoms with van der Waals surface area (Å²) in [7, 11) is 0. The average Bonchev–Trinajstić information content (AvgIpc) is 2.87. The SMILES string of the molecule is CCNC(=NCc1sc(C)nc1C)NC1C2CCCOC2C1(C)C.I. The summed E-state index contributed by atoms with van der Waals surface area (Å²) in [4.78, 5) is 10.5. The van der Waals surface area contributed by atoms with Gasteiger partial charge in [0.2, 0.25) is 0 Å². The molecule has 1 aromatic heterocycles. The van der Waals surface area contributed by atoms with Crippen LogP contribution >= 0.6 is 35.3 Å². The Morgan fingerprint density at radius 2 is 2.16 bits per heavy atom. The van der Waals surface area contributed by atoms with Crippen molar-refractivity contribution in [1.82, 2.24) is 15.6 Å². The molecule has 0 aromatic carbocycles. The second-order valence-electron chi connectivity index (χ2n) is 7.48. The van der Waals surface area contributed by atoms with Gasteiger partial charge in [-0.1, -0.05) is 13.8 Å². The van der Waals surface area contributed by atoms with E-state index < -0.39 is 0 Å². The highest BCUT2D eigenvalue weighted by atomic mass is 127. The summed E-state index contributed by atoms with van der Waals surface area (Å²) in [5, 5.41) is 8.19. The monoisotopic (exact) mass is 478 g/mol. The number of ether oxygens (including phenoxy) is 1. The van der Waals surface area contributed by atoms with Crippen molar-refractivity contribution >= 4 is 41.3 Å². The number of rotatable bonds is 4. The third kappa shape index (κ3) is 4.30. The Morgan fingerprint density at radius 1 is 1.40 bits per heavy atom. The first-order valence-electron chi connectivity index (χ1n) is 9.02. The predicted molar refractivity (Wildman–Crippen MR) is 115 cm³/mol. The molecule has 7 heteroatoms. The van der Waals surface area contributed by atoms with Gasteiger partial charge in [-0.3, -0.25) is 0 Å². The first-order chi connectivity index (χ1) is 11.4. The maximum absolute atomic E-state index is 6.00. The predicted octanol–water partition coefficient (Wildman–Crippen LogP) is 3.64. The number of guanidine groups is 1. The molecular weight excluding hydrogens is 447 g/mol. The Morgan fingerprint density at radius 3 is 2.80 bits per heavy atom. The van der Waals surface area contributed by atoms with E-state index in [0.717, 1.165) is 29.8 Å².